The highest BCUT2D eigenvalue weighted by Crippen LogP contribution is 2.30. The van der Waals surface area contributed by atoms with E-state index in [2.05, 4.69) is 0 Å². The lowest BCUT2D eigenvalue weighted by Gasteiger charge is -2.27. The van der Waals surface area contributed by atoms with Gasteiger partial charge in [-0.1, -0.05) is 6.42 Å². The number of hydrogen-bond donors (Lipinski definition) is 1. The molecule has 20 heavy (non-hydrogen) atoms. The highest BCUT2D eigenvalue weighted by molar-refractivity contribution is 7.91. The SMILES string of the molecule is CS(=O)(=O)C1CCCC(S(=O)c2cc(N)cc(F)c2)C1. The van der Waals surface area contributed by atoms with Crippen LogP contribution in [0.25, 0.3) is 0 Å². The van der Waals surface area contributed by atoms with Crippen molar-refractivity contribution in [3.63, 3.8) is 0 Å². The number of nitrogen functional groups attached to an aromatic ring is 1. The fraction of sp³-hybridized carbons (Fsp3) is 0.538. The van der Waals surface area contributed by atoms with E-state index in [9.17, 15) is 17.0 Å². The van der Waals surface area contributed by atoms with Gasteiger partial charge in [-0.3, -0.25) is 4.21 Å². The second-order valence-corrected chi connectivity index (χ2v) is 9.32. The van der Waals surface area contributed by atoms with Crippen molar-refractivity contribution in [1.29, 1.82) is 0 Å². The van der Waals surface area contributed by atoms with Crippen molar-refractivity contribution in [1.82, 2.24) is 0 Å². The largest absolute Gasteiger partial charge is 0.399 e. The van der Waals surface area contributed by atoms with E-state index < -0.39 is 31.7 Å². The highest BCUT2D eigenvalue weighted by atomic mass is 32.2. The molecule has 1 aromatic rings. The van der Waals surface area contributed by atoms with Crippen LogP contribution in [0.5, 0.6) is 0 Å². The van der Waals surface area contributed by atoms with Crippen LogP contribution >= 0.6 is 0 Å². The van der Waals surface area contributed by atoms with E-state index in [4.69, 9.17) is 5.73 Å². The normalized spacial score (nSPS) is 25.3. The highest BCUT2D eigenvalue weighted by Gasteiger charge is 2.32. The number of rotatable bonds is 3. The van der Waals surface area contributed by atoms with Crippen LogP contribution in [0.2, 0.25) is 0 Å². The van der Waals surface area contributed by atoms with Crippen molar-refractivity contribution in [3.8, 4) is 0 Å². The topological polar surface area (TPSA) is 77.2 Å². The summed E-state index contributed by atoms with van der Waals surface area (Å²) in [5.74, 6) is -0.524. The lowest BCUT2D eigenvalue weighted by atomic mass is 10.00. The smallest absolute Gasteiger partial charge is 0.150 e. The molecule has 4 nitrogen and oxygen atoms in total. The molecular weight excluding hydrogens is 301 g/mol. The molecule has 1 fully saturated rings. The molecule has 0 heterocycles. The van der Waals surface area contributed by atoms with Crippen LogP contribution in [-0.2, 0) is 20.6 Å². The van der Waals surface area contributed by atoms with Gasteiger partial charge in [0.2, 0.25) is 0 Å². The molecule has 0 aromatic heterocycles. The van der Waals surface area contributed by atoms with E-state index in [0.717, 1.165) is 6.42 Å². The zero-order valence-electron chi connectivity index (χ0n) is 11.2. The van der Waals surface area contributed by atoms with Crippen molar-refractivity contribution in [2.45, 2.75) is 41.1 Å². The van der Waals surface area contributed by atoms with Gasteiger partial charge in [0.25, 0.3) is 0 Å². The summed E-state index contributed by atoms with van der Waals surface area (Å²) in [7, 11) is -4.55. The molecule has 2 N–H and O–H groups in total. The summed E-state index contributed by atoms with van der Waals surface area (Å²) in [4.78, 5) is 0.335. The summed E-state index contributed by atoms with van der Waals surface area (Å²) in [6.45, 7) is 0. The molecule has 1 saturated carbocycles. The van der Waals surface area contributed by atoms with E-state index >= 15 is 0 Å². The fourth-order valence-electron chi connectivity index (χ4n) is 2.58. The fourth-order valence-corrected chi connectivity index (χ4v) is 5.53. The van der Waals surface area contributed by atoms with Crippen molar-refractivity contribution >= 4 is 26.3 Å². The number of hydrogen-bond acceptors (Lipinski definition) is 4. The number of halogens is 1. The molecule has 1 aromatic carbocycles. The van der Waals surface area contributed by atoms with E-state index in [1.807, 2.05) is 0 Å². The third-order valence-corrected chi connectivity index (χ3v) is 6.99. The van der Waals surface area contributed by atoms with Gasteiger partial charge in [0, 0.05) is 22.1 Å². The summed E-state index contributed by atoms with van der Waals surface area (Å²) < 4.78 is 49.0. The van der Waals surface area contributed by atoms with Gasteiger partial charge in [-0.2, -0.15) is 0 Å². The predicted molar refractivity (Wildman–Crippen MR) is 78.1 cm³/mol. The lowest BCUT2D eigenvalue weighted by Crippen LogP contribution is -2.32. The number of benzene rings is 1. The van der Waals surface area contributed by atoms with Crippen molar-refractivity contribution in [3.05, 3.63) is 24.0 Å². The van der Waals surface area contributed by atoms with Crippen LogP contribution in [0.1, 0.15) is 25.7 Å². The van der Waals surface area contributed by atoms with Gasteiger partial charge in [-0.05, 0) is 37.5 Å². The van der Waals surface area contributed by atoms with Gasteiger partial charge < -0.3 is 5.73 Å². The van der Waals surface area contributed by atoms with Crippen LogP contribution in [0.4, 0.5) is 10.1 Å². The zero-order valence-corrected chi connectivity index (χ0v) is 12.8. The van der Waals surface area contributed by atoms with Gasteiger partial charge in [0.1, 0.15) is 15.7 Å². The first kappa shape index (κ1) is 15.4. The minimum Gasteiger partial charge on any atom is -0.399 e. The molecule has 0 aliphatic heterocycles. The first-order valence-corrected chi connectivity index (χ1v) is 9.59. The monoisotopic (exact) mass is 319 g/mol. The Labute approximate surface area is 120 Å². The van der Waals surface area contributed by atoms with Crippen LogP contribution < -0.4 is 5.73 Å². The van der Waals surface area contributed by atoms with E-state index in [-0.39, 0.29) is 10.9 Å². The lowest BCUT2D eigenvalue weighted by molar-refractivity contribution is 0.487. The van der Waals surface area contributed by atoms with E-state index in [1.54, 1.807) is 0 Å². The van der Waals surface area contributed by atoms with Crippen LogP contribution in [0.3, 0.4) is 0 Å². The number of nitrogens with two attached hydrogens (primary N) is 1. The Balaban J connectivity index is 2.20. The molecule has 0 spiro atoms. The summed E-state index contributed by atoms with van der Waals surface area (Å²) in [6.07, 6.45) is 3.59. The van der Waals surface area contributed by atoms with Gasteiger partial charge in [-0.15, -0.1) is 0 Å². The average molecular weight is 319 g/mol. The molecule has 0 bridgehead atoms. The average Bonchev–Trinajstić information content (AvgIpc) is 2.36. The second kappa shape index (κ2) is 5.81. The number of anilines is 1. The molecule has 1 aliphatic rings. The molecule has 1 aliphatic carbocycles. The van der Waals surface area contributed by atoms with Gasteiger partial charge >= 0.3 is 0 Å². The second-order valence-electron chi connectivity index (χ2n) is 5.26. The summed E-state index contributed by atoms with van der Waals surface area (Å²) in [5.41, 5.74) is 5.78. The Morgan fingerprint density at radius 3 is 2.60 bits per heavy atom. The van der Waals surface area contributed by atoms with Crippen molar-refractivity contribution < 1.29 is 17.0 Å². The summed E-state index contributed by atoms with van der Waals surface area (Å²) in [5, 5.41) is -0.708. The molecule has 3 atom stereocenters. The molecule has 0 radical (unpaired) electrons. The first-order chi connectivity index (χ1) is 9.27. The Kier molecular flexibility index (Phi) is 4.49. The summed E-state index contributed by atoms with van der Waals surface area (Å²) in [6, 6.07) is 3.86. The van der Waals surface area contributed by atoms with E-state index in [1.165, 1.54) is 24.5 Å². The molecular formula is C13H18FNO3S2. The van der Waals surface area contributed by atoms with Crippen LogP contribution in [0.15, 0.2) is 23.1 Å². The third-order valence-electron chi connectivity index (χ3n) is 3.61. The molecule has 7 heteroatoms. The molecule has 3 unspecified atom stereocenters. The minimum atomic E-state index is -3.12. The maximum absolute atomic E-state index is 13.3. The molecule has 2 rings (SSSR count). The maximum atomic E-state index is 13.3. The summed E-state index contributed by atoms with van der Waals surface area (Å²) >= 11 is 0. The number of sulfone groups is 1. The van der Waals surface area contributed by atoms with Crippen molar-refractivity contribution in [2.24, 2.45) is 0 Å². The van der Waals surface area contributed by atoms with E-state index in [0.29, 0.717) is 24.2 Å². The maximum Gasteiger partial charge on any atom is 0.150 e. The first-order valence-electron chi connectivity index (χ1n) is 6.43. The zero-order chi connectivity index (χ0) is 14.9. The molecule has 0 saturated heterocycles. The van der Waals surface area contributed by atoms with Crippen LogP contribution in [0, 0.1) is 5.82 Å². The Morgan fingerprint density at radius 2 is 2.00 bits per heavy atom. The molecule has 112 valence electrons. The predicted octanol–water partition coefficient (Wildman–Crippen LogP) is 1.87. The quantitative estimate of drug-likeness (QED) is 0.863. The Bertz CT molecular complexity index is 610. The van der Waals surface area contributed by atoms with Crippen LogP contribution in [-0.4, -0.2) is 29.4 Å². The Morgan fingerprint density at radius 1 is 1.30 bits per heavy atom. The van der Waals surface area contributed by atoms with Gasteiger partial charge in [0.05, 0.1) is 16.0 Å². The minimum absolute atomic E-state index is 0.226. The third kappa shape index (κ3) is 3.58. The molecule has 0 amide bonds. The Hall–Kier alpha value is -0.950. The van der Waals surface area contributed by atoms with Gasteiger partial charge in [-0.25, -0.2) is 12.8 Å². The van der Waals surface area contributed by atoms with Gasteiger partial charge in [0.15, 0.2) is 0 Å². The standard InChI is InChI=1S/C13H18FNO3S2/c1-20(17,18)13-4-2-3-11(8-13)19(16)12-6-9(14)5-10(15)7-12/h5-7,11,13H,2-4,8,15H2,1H3. The van der Waals surface area contributed by atoms with Crippen molar-refractivity contribution in [2.75, 3.05) is 12.0 Å².